The Kier molecular flexibility index (Phi) is 3.85. The molecule has 1 aromatic rings. The molecule has 17 heavy (non-hydrogen) atoms. The van der Waals surface area contributed by atoms with Crippen molar-refractivity contribution in [2.75, 3.05) is 19.6 Å². The number of rotatable bonds is 3. The highest BCUT2D eigenvalue weighted by Gasteiger charge is 2.21. The molecule has 0 radical (unpaired) electrons. The standard InChI is InChI=1S/C15H24N2/c1-11-4-5-14(13(3)8-11)15(16)10-17-7-6-12(2)9-17/h4-5,8,12,15H,6-7,9-10,16H2,1-3H3. The highest BCUT2D eigenvalue weighted by molar-refractivity contribution is 5.32. The third kappa shape index (κ3) is 3.08. The van der Waals surface area contributed by atoms with Crippen molar-refractivity contribution in [2.45, 2.75) is 33.2 Å². The Balaban J connectivity index is 2.01. The number of hydrogen-bond donors (Lipinski definition) is 1. The quantitative estimate of drug-likeness (QED) is 0.868. The highest BCUT2D eigenvalue weighted by Crippen LogP contribution is 2.21. The van der Waals surface area contributed by atoms with Crippen LogP contribution in [0.3, 0.4) is 0 Å². The fourth-order valence-electron chi connectivity index (χ4n) is 2.81. The Bertz CT molecular complexity index is 387. The summed E-state index contributed by atoms with van der Waals surface area (Å²) in [5.74, 6) is 0.835. The van der Waals surface area contributed by atoms with Gasteiger partial charge in [0.1, 0.15) is 0 Å². The molecule has 0 aliphatic carbocycles. The van der Waals surface area contributed by atoms with Gasteiger partial charge in [0.05, 0.1) is 0 Å². The van der Waals surface area contributed by atoms with Crippen LogP contribution in [0.2, 0.25) is 0 Å². The van der Waals surface area contributed by atoms with Crippen molar-refractivity contribution in [3.8, 4) is 0 Å². The van der Waals surface area contributed by atoms with E-state index in [-0.39, 0.29) is 6.04 Å². The Morgan fingerprint density at radius 3 is 2.76 bits per heavy atom. The number of hydrogen-bond acceptors (Lipinski definition) is 2. The zero-order chi connectivity index (χ0) is 12.4. The van der Waals surface area contributed by atoms with E-state index >= 15 is 0 Å². The molecule has 0 bridgehead atoms. The molecule has 1 aromatic carbocycles. The summed E-state index contributed by atoms with van der Waals surface area (Å²) in [7, 11) is 0. The van der Waals surface area contributed by atoms with Crippen molar-refractivity contribution in [1.82, 2.24) is 4.90 Å². The van der Waals surface area contributed by atoms with Gasteiger partial charge in [-0.05, 0) is 43.9 Å². The lowest BCUT2D eigenvalue weighted by Gasteiger charge is -2.22. The molecule has 2 unspecified atom stereocenters. The Morgan fingerprint density at radius 1 is 1.41 bits per heavy atom. The SMILES string of the molecule is Cc1ccc(C(N)CN2CCC(C)C2)c(C)c1. The van der Waals surface area contributed by atoms with E-state index in [4.69, 9.17) is 5.73 Å². The van der Waals surface area contributed by atoms with E-state index in [1.165, 1.54) is 36.2 Å². The molecule has 1 saturated heterocycles. The van der Waals surface area contributed by atoms with Crippen molar-refractivity contribution >= 4 is 0 Å². The third-order valence-corrected chi connectivity index (χ3v) is 3.79. The van der Waals surface area contributed by atoms with Gasteiger partial charge in [0.15, 0.2) is 0 Å². The van der Waals surface area contributed by atoms with E-state index in [1.54, 1.807) is 0 Å². The molecule has 0 spiro atoms. The van der Waals surface area contributed by atoms with E-state index in [2.05, 4.69) is 43.9 Å². The van der Waals surface area contributed by atoms with Gasteiger partial charge in [-0.25, -0.2) is 0 Å². The molecular formula is C15H24N2. The van der Waals surface area contributed by atoms with E-state index in [1.807, 2.05) is 0 Å². The number of nitrogens with zero attached hydrogens (tertiary/aromatic N) is 1. The first kappa shape index (κ1) is 12.6. The van der Waals surface area contributed by atoms with Gasteiger partial charge >= 0.3 is 0 Å². The lowest BCUT2D eigenvalue weighted by molar-refractivity contribution is 0.306. The molecule has 0 amide bonds. The van der Waals surface area contributed by atoms with Crippen molar-refractivity contribution in [3.05, 3.63) is 34.9 Å². The average molecular weight is 232 g/mol. The fraction of sp³-hybridized carbons (Fsp3) is 0.600. The van der Waals surface area contributed by atoms with E-state index < -0.39 is 0 Å². The Labute approximate surface area is 105 Å². The first-order chi connectivity index (χ1) is 8.06. The average Bonchev–Trinajstić information content (AvgIpc) is 2.63. The van der Waals surface area contributed by atoms with Crippen LogP contribution in [0.4, 0.5) is 0 Å². The van der Waals surface area contributed by atoms with Crippen molar-refractivity contribution < 1.29 is 0 Å². The summed E-state index contributed by atoms with van der Waals surface area (Å²) < 4.78 is 0. The van der Waals surface area contributed by atoms with Gasteiger partial charge in [0.2, 0.25) is 0 Å². The van der Waals surface area contributed by atoms with Gasteiger partial charge in [-0.2, -0.15) is 0 Å². The van der Waals surface area contributed by atoms with Crippen LogP contribution >= 0.6 is 0 Å². The van der Waals surface area contributed by atoms with Crippen LogP contribution in [-0.2, 0) is 0 Å². The predicted molar refractivity (Wildman–Crippen MR) is 73.1 cm³/mol. The molecule has 2 atom stereocenters. The van der Waals surface area contributed by atoms with E-state index in [0.29, 0.717) is 0 Å². The van der Waals surface area contributed by atoms with Crippen LogP contribution < -0.4 is 5.73 Å². The minimum absolute atomic E-state index is 0.154. The number of nitrogens with two attached hydrogens (primary N) is 1. The molecule has 0 saturated carbocycles. The molecule has 2 heteroatoms. The molecule has 2 N–H and O–H groups in total. The summed E-state index contributed by atoms with van der Waals surface area (Å²) in [6.45, 7) is 10.0. The van der Waals surface area contributed by atoms with Crippen molar-refractivity contribution in [1.29, 1.82) is 0 Å². The van der Waals surface area contributed by atoms with Crippen LogP contribution in [0.5, 0.6) is 0 Å². The van der Waals surface area contributed by atoms with Crippen molar-refractivity contribution in [2.24, 2.45) is 11.7 Å². The molecular weight excluding hydrogens is 208 g/mol. The zero-order valence-electron chi connectivity index (χ0n) is 11.2. The molecule has 2 rings (SSSR count). The summed E-state index contributed by atoms with van der Waals surface area (Å²) in [6, 6.07) is 6.73. The summed E-state index contributed by atoms with van der Waals surface area (Å²) in [5, 5.41) is 0. The molecule has 2 nitrogen and oxygen atoms in total. The third-order valence-electron chi connectivity index (χ3n) is 3.79. The van der Waals surface area contributed by atoms with Gasteiger partial charge in [-0.1, -0.05) is 30.7 Å². The van der Waals surface area contributed by atoms with Crippen LogP contribution in [0.25, 0.3) is 0 Å². The van der Waals surface area contributed by atoms with Gasteiger partial charge in [-0.3, -0.25) is 0 Å². The predicted octanol–water partition coefficient (Wildman–Crippen LogP) is 2.65. The van der Waals surface area contributed by atoms with E-state index in [9.17, 15) is 0 Å². The summed E-state index contributed by atoms with van der Waals surface area (Å²) >= 11 is 0. The second-order valence-electron chi connectivity index (χ2n) is 5.62. The van der Waals surface area contributed by atoms with Crippen LogP contribution in [-0.4, -0.2) is 24.5 Å². The summed E-state index contributed by atoms with van der Waals surface area (Å²) in [5.41, 5.74) is 10.3. The smallest absolute Gasteiger partial charge is 0.0426 e. The van der Waals surface area contributed by atoms with Crippen LogP contribution in [0, 0.1) is 19.8 Å². The van der Waals surface area contributed by atoms with Crippen LogP contribution in [0.1, 0.15) is 36.1 Å². The second-order valence-corrected chi connectivity index (χ2v) is 5.62. The molecule has 1 aliphatic rings. The maximum Gasteiger partial charge on any atom is 0.0426 e. The van der Waals surface area contributed by atoms with Gasteiger partial charge in [0, 0.05) is 19.1 Å². The molecule has 0 aromatic heterocycles. The lowest BCUT2D eigenvalue weighted by atomic mass is 9.99. The van der Waals surface area contributed by atoms with E-state index in [0.717, 1.165) is 12.5 Å². The summed E-state index contributed by atoms with van der Waals surface area (Å²) in [4.78, 5) is 2.49. The minimum atomic E-state index is 0.154. The monoisotopic (exact) mass is 232 g/mol. The van der Waals surface area contributed by atoms with Crippen LogP contribution in [0.15, 0.2) is 18.2 Å². The maximum absolute atomic E-state index is 6.33. The largest absolute Gasteiger partial charge is 0.323 e. The maximum atomic E-state index is 6.33. The number of benzene rings is 1. The van der Waals surface area contributed by atoms with Gasteiger partial charge in [-0.15, -0.1) is 0 Å². The number of aryl methyl sites for hydroxylation is 2. The number of likely N-dealkylation sites (tertiary alicyclic amines) is 1. The highest BCUT2D eigenvalue weighted by atomic mass is 15.2. The minimum Gasteiger partial charge on any atom is -0.323 e. The fourth-order valence-corrected chi connectivity index (χ4v) is 2.81. The lowest BCUT2D eigenvalue weighted by Crippen LogP contribution is -2.30. The Morgan fingerprint density at radius 2 is 2.18 bits per heavy atom. The van der Waals surface area contributed by atoms with Gasteiger partial charge in [0.25, 0.3) is 0 Å². The van der Waals surface area contributed by atoms with Gasteiger partial charge < -0.3 is 10.6 Å². The summed E-state index contributed by atoms with van der Waals surface area (Å²) in [6.07, 6.45) is 1.32. The topological polar surface area (TPSA) is 29.3 Å². The molecule has 94 valence electrons. The molecule has 1 fully saturated rings. The Hall–Kier alpha value is -0.860. The molecule has 1 heterocycles. The molecule has 1 aliphatic heterocycles. The first-order valence-electron chi connectivity index (χ1n) is 6.61. The van der Waals surface area contributed by atoms with Crippen molar-refractivity contribution in [3.63, 3.8) is 0 Å². The second kappa shape index (κ2) is 5.19. The normalized spacial score (nSPS) is 22.9. The first-order valence-corrected chi connectivity index (χ1v) is 6.61. The zero-order valence-corrected chi connectivity index (χ0v) is 11.2.